The number of aromatic nitrogens is 2. The Morgan fingerprint density at radius 2 is 0.562 bits per heavy atom. The van der Waals surface area contributed by atoms with Crippen LogP contribution in [0.25, 0.3) is 100 Å². The van der Waals surface area contributed by atoms with E-state index in [0.29, 0.717) is 0 Å². The van der Waals surface area contributed by atoms with Crippen molar-refractivity contribution in [3.8, 4) is 89.3 Å². The van der Waals surface area contributed by atoms with E-state index in [1.165, 1.54) is 66.8 Å². The van der Waals surface area contributed by atoms with Crippen LogP contribution in [0.1, 0.15) is 49.9 Å². The van der Waals surface area contributed by atoms with Gasteiger partial charge in [-0.2, -0.15) is 0 Å². The molecule has 2 aliphatic carbocycles. The highest BCUT2D eigenvalue weighted by atomic mass is 14.8. The SMILES string of the molecule is CC1(C)c2ccccc2-c2ccc(-c3ccc(-c4nc5c(-c6ccccc6)ccc(-c6ccccc6)c5nc4-c4ccc(-c5ccc6c(c5)C(C)(C)c5ccccc5-6)cc4)cc3)cc21. The summed E-state index contributed by atoms with van der Waals surface area (Å²) in [6, 6.07) is 75.1. The molecule has 2 aliphatic rings. The third kappa shape index (κ3) is 5.93. The van der Waals surface area contributed by atoms with E-state index >= 15 is 0 Å². The van der Waals surface area contributed by atoms with Crippen LogP contribution < -0.4 is 0 Å². The highest BCUT2D eigenvalue weighted by Gasteiger charge is 2.36. The summed E-state index contributed by atoms with van der Waals surface area (Å²) in [5.41, 5.74) is 25.4. The predicted octanol–water partition coefficient (Wildman–Crippen LogP) is 16.2. The van der Waals surface area contributed by atoms with Crippen molar-refractivity contribution in [1.82, 2.24) is 9.97 Å². The monoisotopic (exact) mass is 818 g/mol. The molecule has 2 nitrogen and oxygen atoms in total. The fourth-order valence-corrected chi connectivity index (χ4v) is 10.6. The lowest BCUT2D eigenvalue weighted by Crippen LogP contribution is -2.14. The van der Waals surface area contributed by atoms with E-state index in [9.17, 15) is 0 Å². The lowest BCUT2D eigenvalue weighted by atomic mass is 9.81. The van der Waals surface area contributed by atoms with Gasteiger partial charge in [0, 0.05) is 33.1 Å². The standard InChI is InChI=1S/C62H46N2/c1-61(2)53-21-13-11-19-49(53)51-33-31-45(37-55(51)61)39-23-27-43(28-24-39)57-58(64-60-48(42-17-9-6-10-18-42)36-35-47(59(60)63-57)41-15-7-5-8-16-41)44-29-25-40(26-30-44)46-32-34-52-50-20-12-14-22-54(50)62(3,4)56(52)38-46/h5-38H,1-4H3. The van der Waals surface area contributed by atoms with Gasteiger partial charge >= 0.3 is 0 Å². The molecule has 0 aliphatic heterocycles. The van der Waals surface area contributed by atoms with Gasteiger partial charge in [-0.3, -0.25) is 0 Å². The first-order valence-corrected chi connectivity index (χ1v) is 22.4. The van der Waals surface area contributed by atoms with Gasteiger partial charge in [0.25, 0.3) is 0 Å². The minimum absolute atomic E-state index is 0.0644. The molecule has 0 amide bonds. The van der Waals surface area contributed by atoms with Gasteiger partial charge < -0.3 is 0 Å². The fraction of sp³-hybridized carbons (Fsp3) is 0.0968. The Kier molecular flexibility index (Phi) is 8.58. The quantitative estimate of drug-likeness (QED) is 0.167. The van der Waals surface area contributed by atoms with Gasteiger partial charge in [0.1, 0.15) is 0 Å². The summed E-state index contributed by atoms with van der Waals surface area (Å²) in [4.78, 5) is 11.3. The maximum Gasteiger partial charge on any atom is 0.0979 e. The first-order chi connectivity index (χ1) is 31.2. The minimum atomic E-state index is -0.0644. The first kappa shape index (κ1) is 38.0. The smallest absolute Gasteiger partial charge is 0.0979 e. The Morgan fingerprint density at radius 1 is 0.250 bits per heavy atom. The predicted molar refractivity (Wildman–Crippen MR) is 267 cm³/mol. The van der Waals surface area contributed by atoms with E-state index in [-0.39, 0.29) is 10.8 Å². The molecule has 2 heteroatoms. The molecule has 0 radical (unpaired) electrons. The summed E-state index contributed by atoms with van der Waals surface area (Å²) in [5, 5.41) is 0. The topological polar surface area (TPSA) is 25.8 Å². The molecule has 0 spiro atoms. The van der Waals surface area contributed by atoms with Crippen molar-refractivity contribution in [2.75, 3.05) is 0 Å². The second-order valence-electron chi connectivity index (χ2n) is 18.5. The number of benzene rings is 9. The van der Waals surface area contributed by atoms with Crippen LogP contribution in [-0.2, 0) is 10.8 Å². The van der Waals surface area contributed by atoms with E-state index in [2.05, 4.69) is 234 Å². The number of hydrogen-bond acceptors (Lipinski definition) is 2. The van der Waals surface area contributed by atoms with Crippen LogP contribution in [0.15, 0.2) is 206 Å². The largest absolute Gasteiger partial charge is 0.243 e. The molecule has 0 N–H and O–H groups in total. The molecule has 9 aromatic carbocycles. The number of fused-ring (bicyclic) bond motifs is 7. The summed E-state index contributed by atoms with van der Waals surface area (Å²) in [6.45, 7) is 9.37. The van der Waals surface area contributed by atoms with E-state index in [4.69, 9.17) is 9.97 Å². The summed E-state index contributed by atoms with van der Waals surface area (Å²) in [6.07, 6.45) is 0. The molecule has 12 rings (SSSR count). The molecule has 0 saturated carbocycles. The Labute approximate surface area is 375 Å². The molecule has 1 heterocycles. The summed E-state index contributed by atoms with van der Waals surface area (Å²) in [5.74, 6) is 0. The Morgan fingerprint density at radius 3 is 0.969 bits per heavy atom. The maximum absolute atomic E-state index is 5.67. The highest BCUT2D eigenvalue weighted by Crippen LogP contribution is 2.51. The van der Waals surface area contributed by atoms with Crippen molar-refractivity contribution in [2.45, 2.75) is 38.5 Å². The Balaban J connectivity index is 1.00. The Hall–Kier alpha value is -7.68. The van der Waals surface area contributed by atoms with Gasteiger partial charge in [-0.15, -0.1) is 0 Å². The lowest BCUT2D eigenvalue weighted by molar-refractivity contribution is 0.660. The van der Waals surface area contributed by atoms with Crippen LogP contribution in [0.4, 0.5) is 0 Å². The molecule has 10 aromatic rings. The van der Waals surface area contributed by atoms with Crippen LogP contribution in [-0.4, -0.2) is 9.97 Å². The molecule has 0 fully saturated rings. The molecule has 304 valence electrons. The summed E-state index contributed by atoms with van der Waals surface area (Å²) >= 11 is 0. The first-order valence-electron chi connectivity index (χ1n) is 22.4. The van der Waals surface area contributed by atoms with E-state index in [1.807, 2.05) is 0 Å². The molecule has 64 heavy (non-hydrogen) atoms. The second kappa shape index (κ2) is 14.4. The van der Waals surface area contributed by atoms with Gasteiger partial charge in [-0.25, -0.2) is 9.97 Å². The highest BCUT2D eigenvalue weighted by molar-refractivity contribution is 6.03. The number of rotatable bonds is 6. The number of hydrogen-bond donors (Lipinski definition) is 0. The third-order valence-electron chi connectivity index (χ3n) is 14.1. The second-order valence-corrected chi connectivity index (χ2v) is 18.5. The molecule has 0 bridgehead atoms. The van der Waals surface area contributed by atoms with Crippen molar-refractivity contribution < 1.29 is 0 Å². The van der Waals surface area contributed by atoms with E-state index in [1.54, 1.807) is 0 Å². The molecule has 0 unspecified atom stereocenters. The van der Waals surface area contributed by atoms with Crippen LogP contribution in [0.5, 0.6) is 0 Å². The van der Waals surface area contributed by atoms with E-state index < -0.39 is 0 Å². The summed E-state index contributed by atoms with van der Waals surface area (Å²) in [7, 11) is 0. The molecule has 0 atom stereocenters. The molecular formula is C62H46N2. The van der Waals surface area contributed by atoms with Crippen LogP contribution in [0.2, 0.25) is 0 Å². The van der Waals surface area contributed by atoms with Crippen molar-refractivity contribution >= 4 is 11.0 Å². The van der Waals surface area contributed by atoms with E-state index in [0.717, 1.165) is 55.8 Å². The lowest BCUT2D eigenvalue weighted by Gasteiger charge is -2.22. The minimum Gasteiger partial charge on any atom is -0.243 e. The average Bonchev–Trinajstić information content (AvgIpc) is 3.72. The van der Waals surface area contributed by atoms with Gasteiger partial charge in [-0.1, -0.05) is 222 Å². The van der Waals surface area contributed by atoms with Crippen molar-refractivity contribution in [1.29, 1.82) is 0 Å². The maximum atomic E-state index is 5.67. The summed E-state index contributed by atoms with van der Waals surface area (Å²) < 4.78 is 0. The van der Waals surface area contributed by atoms with Crippen molar-refractivity contribution in [3.05, 3.63) is 229 Å². The van der Waals surface area contributed by atoms with Crippen molar-refractivity contribution in [3.63, 3.8) is 0 Å². The van der Waals surface area contributed by atoms with Crippen molar-refractivity contribution in [2.24, 2.45) is 0 Å². The van der Waals surface area contributed by atoms with Crippen LogP contribution in [0.3, 0.4) is 0 Å². The van der Waals surface area contributed by atoms with Crippen LogP contribution in [0, 0.1) is 0 Å². The normalized spacial score (nSPS) is 13.9. The molecule has 1 aromatic heterocycles. The fourth-order valence-electron chi connectivity index (χ4n) is 10.6. The van der Waals surface area contributed by atoms with Gasteiger partial charge in [0.15, 0.2) is 0 Å². The zero-order chi connectivity index (χ0) is 43.2. The van der Waals surface area contributed by atoms with Gasteiger partial charge in [0.05, 0.1) is 22.4 Å². The molecular weight excluding hydrogens is 773 g/mol. The third-order valence-corrected chi connectivity index (χ3v) is 14.1. The Bertz CT molecular complexity index is 3220. The zero-order valence-corrected chi connectivity index (χ0v) is 36.5. The van der Waals surface area contributed by atoms with Gasteiger partial charge in [-0.05, 0) is 90.0 Å². The zero-order valence-electron chi connectivity index (χ0n) is 36.5. The van der Waals surface area contributed by atoms with Gasteiger partial charge in [0.2, 0.25) is 0 Å². The van der Waals surface area contributed by atoms with Crippen LogP contribution >= 0.6 is 0 Å². The average molecular weight is 819 g/mol. The molecule has 0 saturated heterocycles. The number of nitrogens with zero attached hydrogens (tertiary/aromatic N) is 2.